The minimum atomic E-state index is -3.69. The lowest BCUT2D eigenvalue weighted by Crippen LogP contribution is -2.12. The number of benzene rings is 1. The molecule has 0 unspecified atom stereocenters. The van der Waals surface area contributed by atoms with Crippen LogP contribution in [0.1, 0.15) is 0 Å². The SMILES string of the molecule is COc1ccccc1Nc1ccc(NS(=O)(=O)c2ccc(Cl)s2)nc1. The van der Waals surface area contributed by atoms with Crippen LogP contribution in [0.4, 0.5) is 17.2 Å². The second-order valence-corrected chi connectivity index (χ2v) is 8.55. The Balaban J connectivity index is 1.74. The molecular weight excluding hydrogens is 382 g/mol. The molecule has 9 heteroatoms. The molecule has 6 nitrogen and oxygen atoms in total. The normalized spacial score (nSPS) is 11.1. The highest BCUT2D eigenvalue weighted by Crippen LogP contribution is 2.28. The largest absolute Gasteiger partial charge is 0.495 e. The van der Waals surface area contributed by atoms with Crippen LogP contribution in [0.25, 0.3) is 0 Å². The molecule has 130 valence electrons. The van der Waals surface area contributed by atoms with Crippen molar-refractivity contribution in [2.24, 2.45) is 0 Å². The topological polar surface area (TPSA) is 80.3 Å². The maximum absolute atomic E-state index is 12.2. The number of rotatable bonds is 6. The van der Waals surface area contributed by atoms with E-state index in [0.29, 0.717) is 15.8 Å². The van der Waals surface area contributed by atoms with E-state index in [4.69, 9.17) is 16.3 Å². The van der Waals surface area contributed by atoms with Gasteiger partial charge in [0, 0.05) is 0 Å². The fourth-order valence-electron chi connectivity index (χ4n) is 2.06. The van der Waals surface area contributed by atoms with Crippen LogP contribution in [0.5, 0.6) is 5.75 Å². The van der Waals surface area contributed by atoms with E-state index < -0.39 is 10.0 Å². The summed E-state index contributed by atoms with van der Waals surface area (Å²) in [7, 11) is -2.10. The van der Waals surface area contributed by atoms with Crippen molar-refractivity contribution in [3.63, 3.8) is 0 Å². The second kappa shape index (κ2) is 7.30. The molecule has 2 heterocycles. The molecule has 0 atom stereocenters. The molecule has 2 N–H and O–H groups in total. The Morgan fingerprint density at radius 1 is 1.12 bits per heavy atom. The van der Waals surface area contributed by atoms with Gasteiger partial charge in [-0.3, -0.25) is 4.72 Å². The summed E-state index contributed by atoms with van der Waals surface area (Å²) in [6.07, 6.45) is 1.53. The van der Waals surface area contributed by atoms with Crippen LogP contribution in [0.2, 0.25) is 4.34 Å². The first-order valence-corrected chi connectivity index (χ1v) is 9.80. The molecule has 0 aliphatic heterocycles. The summed E-state index contributed by atoms with van der Waals surface area (Å²) >= 11 is 6.77. The van der Waals surface area contributed by atoms with Crippen LogP contribution in [0, 0.1) is 0 Å². The van der Waals surface area contributed by atoms with Gasteiger partial charge < -0.3 is 10.1 Å². The molecule has 3 rings (SSSR count). The van der Waals surface area contributed by atoms with E-state index >= 15 is 0 Å². The van der Waals surface area contributed by atoms with Crippen LogP contribution in [-0.4, -0.2) is 20.5 Å². The fraction of sp³-hybridized carbons (Fsp3) is 0.0625. The van der Waals surface area contributed by atoms with Gasteiger partial charge in [0.2, 0.25) is 0 Å². The van der Waals surface area contributed by atoms with E-state index in [2.05, 4.69) is 15.0 Å². The maximum Gasteiger partial charge on any atom is 0.272 e. The van der Waals surface area contributed by atoms with Gasteiger partial charge in [-0.25, -0.2) is 13.4 Å². The van der Waals surface area contributed by atoms with E-state index in [9.17, 15) is 8.42 Å². The van der Waals surface area contributed by atoms with Crippen LogP contribution in [0.15, 0.2) is 58.9 Å². The van der Waals surface area contributed by atoms with Crippen molar-refractivity contribution in [2.75, 3.05) is 17.1 Å². The zero-order chi connectivity index (χ0) is 17.9. The van der Waals surface area contributed by atoms with Crippen molar-refractivity contribution < 1.29 is 13.2 Å². The summed E-state index contributed by atoms with van der Waals surface area (Å²) in [6.45, 7) is 0. The third kappa shape index (κ3) is 4.22. The molecular formula is C16H14ClN3O3S2. The Kier molecular flexibility index (Phi) is 5.12. The van der Waals surface area contributed by atoms with Crippen LogP contribution < -0.4 is 14.8 Å². The highest BCUT2D eigenvalue weighted by molar-refractivity contribution is 7.94. The number of ether oxygens (including phenoxy) is 1. The number of pyridine rings is 1. The van der Waals surface area contributed by atoms with Gasteiger partial charge in [-0.15, -0.1) is 11.3 Å². The Bertz CT molecular complexity index is 972. The Morgan fingerprint density at radius 3 is 2.56 bits per heavy atom. The van der Waals surface area contributed by atoms with Crippen molar-refractivity contribution in [3.05, 3.63) is 59.1 Å². The molecule has 0 spiro atoms. The van der Waals surface area contributed by atoms with Gasteiger partial charge in [0.25, 0.3) is 10.0 Å². The number of thiophene rings is 1. The molecule has 25 heavy (non-hydrogen) atoms. The summed E-state index contributed by atoms with van der Waals surface area (Å²) in [4.78, 5) is 4.13. The van der Waals surface area contributed by atoms with E-state index in [1.54, 1.807) is 19.2 Å². The Hall–Kier alpha value is -2.29. The number of methoxy groups -OCH3 is 1. The van der Waals surface area contributed by atoms with Crippen molar-refractivity contribution in [3.8, 4) is 5.75 Å². The van der Waals surface area contributed by atoms with Crippen molar-refractivity contribution in [1.29, 1.82) is 0 Å². The third-order valence-electron chi connectivity index (χ3n) is 3.20. The number of para-hydroxylation sites is 2. The molecule has 3 aromatic rings. The van der Waals surface area contributed by atoms with Crippen molar-refractivity contribution in [1.82, 2.24) is 4.98 Å². The van der Waals surface area contributed by atoms with Crippen LogP contribution >= 0.6 is 22.9 Å². The Labute approximate surface area is 154 Å². The second-order valence-electron chi connectivity index (χ2n) is 4.92. The minimum absolute atomic E-state index is 0.135. The smallest absolute Gasteiger partial charge is 0.272 e. The first-order valence-electron chi connectivity index (χ1n) is 7.12. The highest BCUT2D eigenvalue weighted by atomic mass is 35.5. The molecule has 0 fully saturated rings. The van der Waals surface area contributed by atoms with E-state index in [0.717, 1.165) is 17.0 Å². The number of sulfonamides is 1. The monoisotopic (exact) mass is 395 g/mol. The Morgan fingerprint density at radius 2 is 1.92 bits per heavy atom. The van der Waals surface area contributed by atoms with Gasteiger partial charge in [0.05, 0.1) is 29.0 Å². The van der Waals surface area contributed by atoms with Gasteiger partial charge in [-0.2, -0.15) is 0 Å². The van der Waals surface area contributed by atoms with Crippen LogP contribution in [-0.2, 0) is 10.0 Å². The molecule has 0 radical (unpaired) electrons. The van der Waals surface area contributed by atoms with Crippen LogP contribution in [0.3, 0.4) is 0 Å². The summed E-state index contributed by atoms with van der Waals surface area (Å²) in [5, 5.41) is 3.17. The van der Waals surface area contributed by atoms with E-state index in [1.165, 1.54) is 18.3 Å². The summed E-state index contributed by atoms with van der Waals surface area (Å²) < 4.78 is 32.7. The standard InChI is InChI=1S/C16H14ClN3O3S2/c1-23-13-5-3-2-4-12(13)19-11-6-8-15(18-10-11)20-25(21,22)16-9-7-14(17)24-16/h2-10,19H,1H3,(H,18,20). The molecule has 0 amide bonds. The molecule has 1 aromatic carbocycles. The highest BCUT2D eigenvalue weighted by Gasteiger charge is 2.17. The van der Waals surface area contributed by atoms with Gasteiger partial charge in [0.15, 0.2) is 0 Å². The number of aromatic nitrogens is 1. The molecule has 0 aliphatic rings. The maximum atomic E-state index is 12.2. The fourth-order valence-corrected chi connectivity index (χ4v) is 4.55. The summed E-state index contributed by atoms with van der Waals surface area (Å²) in [5.41, 5.74) is 1.49. The van der Waals surface area contributed by atoms with Crippen molar-refractivity contribution in [2.45, 2.75) is 4.21 Å². The van der Waals surface area contributed by atoms with Gasteiger partial charge in [0.1, 0.15) is 15.8 Å². The van der Waals surface area contributed by atoms with Crippen molar-refractivity contribution >= 4 is 50.2 Å². The summed E-state index contributed by atoms with van der Waals surface area (Å²) in [5.74, 6) is 0.914. The quantitative estimate of drug-likeness (QED) is 0.648. The van der Waals surface area contributed by atoms with E-state index in [1.807, 2.05) is 24.3 Å². The zero-order valence-electron chi connectivity index (χ0n) is 13.1. The lowest BCUT2D eigenvalue weighted by Gasteiger charge is -2.11. The first kappa shape index (κ1) is 17.5. The molecule has 0 saturated heterocycles. The lowest BCUT2D eigenvalue weighted by molar-refractivity contribution is 0.417. The lowest BCUT2D eigenvalue weighted by atomic mass is 10.3. The molecule has 0 saturated carbocycles. The van der Waals surface area contributed by atoms with Gasteiger partial charge in [-0.05, 0) is 36.4 Å². The molecule has 2 aromatic heterocycles. The molecule has 0 aliphatic carbocycles. The number of nitrogens with one attached hydrogen (secondary N) is 2. The van der Waals surface area contributed by atoms with Gasteiger partial charge >= 0.3 is 0 Å². The average Bonchev–Trinajstić information content (AvgIpc) is 3.04. The molecule has 0 bridgehead atoms. The van der Waals surface area contributed by atoms with Gasteiger partial charge in [-0.1, -0.05) is 23.7 Å². The average molecular weight is 396 g/mol. The van der Waals surface area contributed by atoms with E-state index in [-0.39, 0.29) is 10.0 Å². The predicted molar refractivity (Wildman–Crippen MR) is 101 cm³/mol. The number of anilines is 3. The summed E-state index contributed by atoms with van der Waals surface area (Å²) in [6, 6.07) is 13.7. The number of halogens is 1. The third-order valence-corrected chi connectivity index (χ3v) is 6.28. The minimum Gasteiger partial charge on any atom is -0.495 e. The predicted octanol–water partition coefficient (Wildman–Crippen LogP) is 4.35. The number of nitrogens with zero attached hydrogens (tertiary/aromatic N) is 1. The zero-order valence-corrected chi connectivity index (χ0v) is 15.5. The number of hydrogen-bond donors (Lipinski definition) is 2. The number of hydrogen-bond acceptors (Lipinski definition) is 6. The first-order chi connectivity index (χ1) is 12.0.